The monoisotopic (exact) mass is 285 g/mol. The minimum atomic E-state index is 0.390. The fourth-order valence-corrected chi connectivity index (χ4v) is 2.34. The number of halogens is 1. The Kier molecular flexibility index (Phi) is 8.84. The Hall–Kier alpha value is -0.610. The molecule has 0 heterocycles. The molecule has 1 aromatic carbocycles. The summed E-state index contributed by atoms with van der Waals surface area (Å²) in [4.78, 5) is 0. The zero-order valence-electron chi connectivity index (χ0n) is 11.8. The molecular weight excluding hydrogens is 262 g/mol. The smallest absolute Gasteiger partial charge is 0.0487 e. The first-order valence-electron chi connectivity index (χ1n) is 6.75. The van der Waals surface area contributed by atoms with E-state index < -0.39 is 0 Å². The van der Waals surface area contributed by atoms with Crippen molar-refractivity contribution in [3.05, 3.63) is 34.9 Å². The molecular formula is C15H24ClNO2. The van der Waals surface area contributed by atoms with Gasteiger partial charge in [-0.25, -0.2) is 0 Å². The Morgan fingerprint density at radius 3 is 2.68 bits per heavy atom. The van der Waals surface area contributed by atoms with E-state index in [9.17, 15) is 0 Å². The lowest BCUT2D eigenvalue weighted by atomic mass is 9.96. The molecule has 108 valence electrons. The van der Waals surface area contributed by atoms with Crippen molar-refractivity contribution in [1.82, 2.24) is 5.32 Å². The van der Waals surface area contributed by atoms with Crippen LogP contribution in [0.3, 0.4) is 0 Å². The first-order valence-corrected chi connectivity index (χ1v) is 7.13. The van der Waals surface area contributed by atoms with E-state index in [1.807, 2.05) is 25.2 Å². The van der Waals surface area contributed by atoms with Crippen LogP contribution in [0.25, 0.3) is 0 Å². The largest absolute Gasteiger partial charge is 0.385 e. The fourth-order valence-electron chi connectivity index (χ4n) is 2.05. The van der Waals surface area contributed by atoms with Crippen LogP contribution in [0.4, 0.5) is 0 Å². The Morgan fingerprint density at radius 1 is 1.21 bits per heavy atom. The number of likely N-dealkylation sites (N-methyl/N-ethyl adjacent to an activating group) is 1. The SMILES string of the molecule is CNCC(CCOCCCOC)c1ccccc1Cl. The molecule has 0 aromatic heterocycles. The summed E-state index contributed by atoms with van der Waals surface area (Å²) in [6.07, 6.45) is 1.91. The summed E-state index contributed by atoms with van der Waals surface area (Å²) < 4.78 is 10.6. The second-order valence-electron chi connectivity index (χ2n) is 4.52. The summed E-state index contributed by atoms with van der Waals surface area (Å²) >= 11 is 6.25. The third-order valence-corrected chi connectivity index (χ3v) is 3.39. The number of nitrogens with one attached hydrogen (secondary N) is 1. The molecule has 1 atom stereocenters. The first-order chi connectivity index (χ1) is 9.29. The van der Waals surface area contributed by atoms with Crippen molar-refractivity contribution in [2.75, 3.05) is 40.5 Å². The number of methoxy groups -OCH3 is 1. The van der Waals surface area contributed by atoms with Gasteiger partial charge < -0.3 is 14.8 Å². The summed E-state index contributed by atoms with van der Waals surface area (Å²) in [7, 11) is 3.67. The molecule has 19 heavy (non-hydrogen) atoms. The van der Waals surface area contributed by atoms with Gasteiger partial charge in [0.15, 0.2) is 0 Å². The van der Waals surface area contributed by atoms with Crippen molar-refractivity contribution in [3.8, 4) is 0 Å². The maximum Gasteiger partial charge on any atom is 0.0487 e. The van der Waals surface area contributed by atoms with Crippen LogP contribution in [0.15, 0.2) is 24.3 Å². The van der Waals surface area contributed by atoms with Crippen LogP contribution < -0.4 is 5.32 Å². The molecule has 0 radical (unpaired) electrons. The Morgan fingerprint density at radius 2 is 2.00 bits per heavy atom. The van der Waals surface area contributed by atoms with E-state index >= 15 is 0 Å². The molecule has 0 saturated heterocycles. The topological polar surface area (TPSA) is 30.5 Å². The third kappa shape index (κ3) is 6.39. The van der Waals surface area contributed by atoms with Gasteiger partial charge in [-0.1, -0.05) is 29.8 Å². The van der Waals surface area contributed by atoms with Gasteiger partial charge in [-0.15, -0.1) is 0 Å². The van der Waals surface area contributed by atoms with E-state index in [-0.39, 0.29) is 0 Å². The average Bonchev–Trinajstić information content (AvgIpc) is 2.42. The van der Waals surface area contributed by atoms with Crippen LogP contribution in [0.5, 0.6) is 0 Å². The summed E-state index contributed by atoms with van der Waals surface area (Å²) in [5.41, 5.74) is 1.19. The third-order valence-electron chi connectivity index (χ3n) is 3.04. The quantitative estimate of drug-likeness (QED) is 0.670. The van der Waals surface area contributed by atoms with Crippen molar-refractivity contribution in [2.45, 2.75) is 18.8 Å². The van der Waals surface area contributed by atoms with E-state index in [0.717, 1.165) is 44.2 Å². The maximum absolute atomic E-state index is 6.25. The molecule has 1 unspecified atom stereocenters. The highest BCUT2D eigenvalue weighted by atomic mass is 35.5. The van der Waals surface area contributed by atoms with Crippen molar-refractivity contribution < 1.29 is 9.47 Å². The zero-order chi connectivity index (χ0) is 13.9. The van der Waals surface area contributed by atoms with Gasteiger partial charge in [-0.05, 0) is 37.4 Å². The van der Waals surface area contributed by atoms with Gasteiger partial charge in [0, 0.05) is 38.5 Å². The zero-order valence-corrected chi connectivity index (χ0v) is 12.6. The molecule has 1 N–H and O–H groups in total. The lowest BCUT2D eigenvalue weighted by molar-refractivity contribution is 0.0981. The number of hydrogen-bond acceptors (Lipinski definition) is 3. The molecule has 0 aliphatic rings. The Labute approximate surface area is 121 Å². The fraction of sp³-hybridized carbons (Fsp3) is 0.600. The minimum Gasteiger partial charge on any atom is -0.385 e. The van der Waals surface area contributed by atoms with Crippen molar-refractivity contribution in [3.63, 3.8) is 0 Å². The van der Waals surface area contributed by atoms with Crippen LogP contribution >= 0.6 is 11.6 Å². The van der Waals surface area contributed by atoms with Gasteiger partial charge in [0.25, 0.3) is 0 Å². The number of hydrogen-bond donors (Lipinski definition) is 1. The van der Waals surface area contributed by atoms with E-state index in [4.69, 9.17) is 21.1 Å². The predicted octanol–water partition coefficient (Wildman–Crippen LogP) is 3.09. The normalized spacial score (nSPS) is 12.6. The molecule has 0 fully saturated rings. The lowest BCUT2D eigenvalue weighted by Crippen LogP contribution is -2.19. The van der Waals surface area contributed by atoms with Crippen LogP contribution in [0, 0.1) is 0 Å². The van der Waals surface area contributed by atoms with E-state index in [0.29, 0.717) is 5.92 Å². The van der Waals surface area contributed by atoms with Gasteiger partial charge >= 0.3 is 0 Å². The highest BCUT2D eigenvalue weighted by molar-refractivity contribution is 6.31. The number of ether oxygens (including phenoxy) is 2. The molecule has 1 rings (SSSR count). The Balaban J connectivity index is 2.39. The molecule has 4 heteroatoms. The number of benzene rings is 1. The summed E-state index contributed by atoms with van der Waals surface area (Å²) in [5.74, 6) is 0.390. The minimum absolute atomic E-state index is 0.390. The molecule has 0 amide bonds. The summed E-state index contributed by atoms with van der Waals surface area (Å²) in [6.45, 7) is 3.17. The summed E-state index contributed by atoms with van der Waals surface area (Å²) in [5, 5.41) is 4.06. The maximum atomic E-state index is 6.25. The first kappa shape index (κ1) is 16.4. The van der Waals surface area contributed by atoms with E-state index in [1.54, 1.807) is 7.11 Å². The highest BCUT2D eigenvalue weighted by Gasteiger charge is 2.13. The molecule has 0 bridgehead atoms. The van der Waals surface area contributed by atoms with Crippen LogP contribution in [-0.4, -0.2) is 40.5 Å². The van der Waals surface area contributed by atoms with Crippen molar-refractivity contribution >= 4 is 11.6 Å². The molecule has 0 spiro atoms. The Bertz CT molecular complexity index is 347. The second kappa shape index (κ2) is 10.2. The van der Waals surface area contributed by atoms with E-state index in [1.165, 1.54) is 5.56 Å². The van der Waals surface area contributed by atoms with Gasteiger partial charge in [0.1, 0.15) is 0 Å². The van der Waals surface area contributed by atoms with Gasteiger partial charge in [-0.3, -0.25) is 0 Å². The second-order valence-corrected chi connectivity index (χ2v) is 4.93. The molecule has 1 aromatic rings. The van der Waals surface area contributed by atoms with E-state index in [2.05, 4.69) is 11.4 Å². The molecule has 3 nitrogen and oxygen atoms in total. The van der Waals surface area contributed by atoms with Crippen LogP contribution in [0.1, 0.15) is 24.3 Å². The lowest BCUT2D eigenvalue weighted by Gasteiger charge is -2.18. The van der Waals surface area contributed by atoms with Gasteiger partial charge in [-0.2, -0.15) is 0 Å². The predicted molar refractivity (Wildman–Crippen MR) is 80.0 cm³/mol. The molecule has 0 aliphatic carbocycles. The highest BCUT2D eigenvalue weighted by Crippen LogP contribution is 2.26. The molecule has 0 aliphatic heterocycles. The van der Waals surface area contributed by atoms with Gasteiger partial charge in [0.05, 0.1) is 0 Å². The average molecular weight is 286 g/mol. The van der Waals surface area contributed by atoms with Crippen LogP contribution in [0.2, 0.25) is 5.02 Å². The van der Waals surface area contributed by atoms with Gasteiger partial charge in [0.2, 0.25) is 0 Å². The van der Waals surface area contributed by atoms with Crippen molar-refractivity contribution in [1.29, 1.82) is 0 Å². The summed E-state index contributed by atoms with van der Waals surface area (Å²) in [6, 6.07) is 8.03. The van der Waals surface area contributed by atoms with Crippen molar-refractivity contribution in [2.24, 2.45) is 0 Å². The number of rotatable bonds is 10. The van der Waals surface area contributed by atoms with Crippen LogP contribution in [-0.2, 0) is 9.47 Å². The standard InChI is InChI=1S/C15H24ClNO2/c1-17-12-13(8-11-19-10-5-9-18-2)14-6-3-4-7-15(14)16/h3-4,6-7,13,17H,5,8-12H2,1-2H3. The molecule has 0 saturated carbocycles.